The zero-order valence-corrected chi connectivity index (χ0v) is 17.6. The Labute approximate surface area is 171 Å². The highest BCUT2D eigenvalue weighted by atomic mass is 16.4. The van der Waals surface area contributed by atoms with E-state index < -0.39 is 12.2 Å². The molecule has 1 aromatic carbocycles. The van der Waals surface area contributed by atoms with Gasteiger partial charge in [-0.2, -0.15) is 0 Å². The molecule has 1 rings (SSSR count). The number of aliphatic hydroxyl groups excluding tert-OH is 3. The zero-order chi connectivity index (χ0) is 20.5. The van der Waals surface area contributed by atoms with Crippen LogP contribution in [0.25, 0.3) is 6.08 Å². The van der Waals surface area contributed by atoms with E-state index in [0.717, 1.165) is 18.4 Å². The molecule has 0 aliphatic carbocycles. The fourth-order valence-corrected chi connectivity index (χ4v) is 3.25. The SMILES string of the molecule is CCCCCCCCCCCCC/C=C/C(O)C(O)/C(O)=C/c1ccccc1. The van der Waals surface area contributed by atoms with Crippen molar-refractivity contribution >= 4 is 6.08 Å². The highest BCUT2D eigenvalue weighted by Crippen LogP contribution is 2.13. The number of rotatable bonds is 16. The summed E-state index contributed by atoms with van der Waals surface area (Å²) in [5.74, 6) is -0.224. The Balaban J connectivity index is 2.07. The van der Waals surface area contributed by atoms with Crippen LogP contribution in [0.3, 0.4) is 0 Å². The Hall–Kier alpha value is -1.58. The topological polar surface area (TPSA) is 60.7 Å². The second-order valence-corrected chi connectivity index (χ2v) is 7.67. The van der Waals surface area contributed by atoms with Gasteiger partial charge in [-0.25, -0.2) is 0 Å². The third kappa shape index (κ3) is 12.0. The van der Waals surface area contributed by atoms with E-state index in [-0.39, 0.29) is 5.76 Å². The Morgan fingerprint density at radius 2 is 1.36 bits per heavy atom. The van der Waals surface area contributed by atoms with Crippen molar-refractivity contribution in [1.82, 2.24) is 0 Å². The number of hydrogen-bond acceptors (Lipinski definition) is 3. The molecule has 0 amide bonds. The number of unbranched alkanes of at least 4 members (excludes halogenated alkanes) is 11. The van der Waals surface area contributed by atoms with Gasteiger partial charge in [0.05, 0.1) is 0 Å². The van der Waals surface area contributed by atoms with Crippen LogP contribution in [0.15, 0.2) is 48.2 Å². The number of benzene rings is 1. The molecular weight excluding hydrogens is 348 g/mol. The second-order valence-electron chi connectivity index (χ2n) is 7.67. The van der Waals surface area contributed by atoms with E-state index in [0.29, 0.717) is 0 Å². The molecule has 0 bridgehead atoms. The molecule has 3 nitrogen and oxygen atoms in total. The maximum atomic E-state index is 10.0. The van der Waals surface area contributed by atoms with E-state index >= 15 is 0 Å². The number of allylic oxidation sites excluding steroid dienone is 1. The van der Waals surface area contributed by atoms with Crippen molar-refractivity contribution < 1.29 is 15.3 Å². The third-order valence-electron chi connectivity index (χ3n) is 5.05. The second kappa shape index (κ2) is 16.4. The molecule has 2 unspecified atom stereocenters. The van der Waals surface area contributed by atoms with E-state index in [4.69, 9.17) is 0 Å². The lowest BCUT2D eigenvalue weighted by Gasteiger charge is -2.14. The van der Waals surface area contributed by atoms with Gasteiger partial charge in [-0.15, -0.1) is 0 Å². The van der Waals surface area contributed by atoms with Crippen molar-refractivity contribution in [2.75, 3.05) is 0 Å². The number of aliphatic hydroxyl groups is 3. The van der Waals surface area contributed by atoms with Crippen LogP contribution in [0.4, 0.5) is 0 Å². The van der Waals surface area contributed by atoms with Gasteiger partial charge in [0.15, 0.2) is 0 Å². The van der Waals surface area contributed by atoms with Crippen molar-refractivity contribution in [3.63, 3.8) is 0 Å². The van der Waals surface area contributed by atoms with Gasteiger partial charge in [-0.05, 0) is 24.5 Å². The van der Waals surface area contributed by atoms with Gasteiger partial charge in [-0.3, -0.25) is 0 Å². The van der Waals surface area contributed by atoms with Crippen LogP contribution in [0.5, 0.6) is 0 Å². The summed E-state index contributed by atoms with van der Waals surface area (Å²) in [5, 5.41) is 30.0. The first-order valence-corrected chi connectivity index (χ1v) is 11.1. The summed E-state index contributed by atoms with van der Waals surface area (Å²) in [7, 11) is 0. The summed E-state index contributed by atoms with van der Waals surface area (Å²) in [5.41, 5.74) is 0.788. The van der Waals surface area contributed by atoms with Gasteiger partial charge >= 0.3 is 0 Å². The average Bonchev–Trinajstić information content (AvgIpc) is 2.71. The molecule has 0 fully saturated rings. The first-order valence-electron chi connectivity index (χ1n) is 11.1. The van der Waals surface area contributed by atoms with Crippen LogP contribution < -0.4 is 0 Å². The van der Waals surface area contributed by atoms with E-state index in [2.05, 4.69) is 6.92 Å². The van der Waals surface area contributed by atoms with Gasteiger partial charge in [0.2, 0.25) is 0 Å². The maximum Gasteiger partial charge on any atom is 0.140 e. The molecule has 3 heteroatoms. The molecule has 3 N–H and O–H groups in total. The van der Waals surface area contributed by atoms with Crippen LogP contribution in [0.1, 0.15) is 89.5 Å². The van der Waals surface area contributed by atoms with Crippen molar-refractivity contribution in [2.45, 2.75) is 96.2 Å². The molecule has 0 saturated heterocycles. The number of hydrogen-bond donors (Lipinski definition) is 3. The zero-order valence-electron chi connectivity index (χ0n) is 17.6. The quantitative estimate of drug-likeness (QED) is 0.171. The first-order chi connectivity index (χ1) is 13.6. The summed E-state index contributed by atoms with van der Waals surface area (Å²) < 4.78 is 0. The van der Waals surface area contributed by atoms with Gasteiger partial charge in [0.25, 0.3) is 0 Å². The van der Waals surface area contributed by atoms with Crippen LogP contribution in [0, 0.1) is 0 Å². The lowest BCUT2D eigenvalue weighted by atomic mass is 10.0. The fraction of sp³-hybridized carbons (Fsp3) is 0.600. The van der Waals surface area contributed by atoms with Crippen molar-refractivity contribution in [3.05, 3.63) is 53.8 Å². The Kier molecular flexibility index (Phi) is 14.3. The van der Waals surface area contributed by atoms with Gasteiger partial charge < -0.3 is 15.3 Å². The lowest BCUT2D eigenvalue weighted by Crippen LogP contribution is -2.25. The van der Waals surface area contributed by atoms with Crippen LogP contribution in [0.2, 0.25) is 0 Å². The minimum absolute atomic E-state index is 0.224. The summed E-state index contributed by atoms with van der Waals surface area (Å²) in [4.78, 5) is 0. The molecule has 0 saturated carbocycles. The van der Waals surface area contributed by atoms with E-state index in [1.165, 1.54) is 70.3 Å². The van der Waals surface area contributed by atoms with Crippen molar-refractivity contribution in [1.29, 1.82) is 0 Å². The minimum atomic E-state index is -1.30. The van der Waals surface area contributed by atoms with E-state index in [1.807, 2.05) is 36.4 Å². The highest BCUT2D eigenvalue weighted by molar-refractivity contribution is 5.51. The van der Waals surface area contributed by atoms with Gasteiger partial charge in [0.1, 0.15) is 18.0 Å². The van der Waals surface area contributed by atoms with Crippen LogP contribution in [-0.2, 0) is 0 Å². The van der Waals surface area contributed by atoms with Crippen molar-refractivity contribution in [3.8, 4) is 0 Å². The molecule has 158 valence electrons. The highest BCUT2D eigenvalue weighted by Gasteiger charge is 2.17. The smallest absolute Gasteiger partial charge is 0.140 e. The minimum Gasteiger partial charge on any atom is -0.509 e. The Bertz CT molecular complexity index is 536. The summed E-state index contributed by atoms with van der Waals surface area (Å²) >= 11 is 0. The molecule has 0 aliphatic heterocycles. The first kappa shape index (κ1) is 24.5. The molecule has 0 heterocycles. The van der Waals surface area contributed by atoms with Crippen molar-refractivity contribution in [2.24, 2.45) is 0 Å². The molecule has 1 aromatic rings. The predicted octanol–water partition coefficient (Wildman–Crippen LogP) is 6.56. The molecule has 0 aliphatic rings. The van der Waals surface area contributed by atoms with Crippen LogP contribution >= 0.6 is 0 Å². The largest absolute Gasteiger partial charge is 0.509 e. The Morgan fingerprint density at radius 3 is 1.93 bits per heavy atom. The predicted molar refractivity (Wildman–Crippen MR) is 119 cm³/mol. The van der Waals surface area contributed by atoms with Gasteiger partial charge in [-0.1, -0.05) is 114 Å². The van der Waals surface area contributed by atoms with E-state index in [1.54, 1.807) is 6.08 Å². The lowest BCUT2D eigenvalue weighted by molar-refractivity contribution is 0.0466. The Morgan fingerprint density at radius 1 is 0.821 bits per heavy atom. The van der Waals surface area contributed by atoms with Gasteiger partial charge in [0, 0.05) is 0 Å². The molecule has 0 aromatic heterocycles. The monoisotopic (exact) mass is 388 g/mol. The molecule has 2 atom stereocenters. The molecule has 28 heavy (non-hydrogen) atoms. The molecule has 0 radical (unpaired) electrons. The summed E-state index contributed by atoms with van der Waals surface area (Å²) in [6, 6.07) is 9.26. The maximum absolute atomic E-state index is 10.0. The standard InChI is InChI=1S/C25H40O3/c1-2-3-4-5-6-7-8-9-10-11-12-13-17-20-23(26)25(28)24(27)21-22-18-15-14-16-19-22/h14-21,23,25-28H,2-13H2,1H3/b20-17+,24-21-. The fourth-order valence-electron chi connectivity index (χ4n) is 3.25. The van der Waals surface area contributed by atoms with Crippen LogP contribution in [-0.4, -0.2) is 27.5 Å². The summed E-state index contributed by atoms with van der Waals surface area (Å²) in [6.07, 6.45) is 17.9. The average molecular weight is 389 g/mol. The third-order valence-corrected chi connectivity index (χ3v) is 5.05. The molecular formula is C25H40O3. The summed E-state index contributed by atoms with van der Waals surface area (Å²) in [6.45, 7) is 2.25. The van der Waals surface area contributed by atoms with E-state index in [9.17, 15) is 15.3 Å². The molecule has 0 spiro atoms. The normalized spacial score (nSPS) is 14.5.